The molecule has 2 rings (SSSR count). The van der Waals surface area contributed by atoms with Crippen molar-refractivity contribution in [2.75, 3.05) is 19.3 Å². The zero-order valence-corrected chi connectivity index (χ0v) is 14.0. The summed E-state index contributed by atoms with van der Waals surface area (Å²) >= 11 is 2.07. The van der Waals surface area contributed by atoms with Crippen molar-refractivity contribution in [3.63, 3.8) is 0 Å². The summed E-state index contributed by atoms with van der Waals surface area (Å²) in [6.45, 7) is 6.94. The van der Waals surface area contributed by atoms with E-state index in [1.807, 2.05) is 0 Å². The lowest BCUT2D eigenvalue weighted by atomic mass is 9.88. The molecule has 1 atom stereocenters. The van der Waals surface area contributed by atoms with Crippen molar-refractivity contribution in [1.29, 1.82) is 0 Å². The molecule has 1 unspecified atom stereocenters. The molecule has 0 radical (unpaired) electrons. The molecule has 0 spiro atoms. The highest BCUT2D eigenvalue weighted by Crippen LogP contribution is 2.39. The zero-order valence-electron chi connectivity index (χ0n) is 13.2. The Kier molecular flexibility index (Phi) is 5.98. The van der Waals surface area contributed by atoms with E-state index in [9.17, 15) is 0 Å². The summed E-state index contributed by atoms with van der Waals surface area (Å²) in [7, 11) is 0. The van der Waals surface area contributed by atoms with Crippen LogP contribution in [0.3, 0.4) is 0 Å². The van der Waals surface area contributed by atoms with Gasteiger partial charge in [-0.1, -0.05) is 57.0 Å². The fourth-order valence-corrected chi connectivity index (χ4v) is 4.31. The first-order valence-electron chi connectivity index (χ1n) is 7.98. The Balaban J connectivity index is 1.90. The average Bonchev–Trinajstić information content (AvgIpc) is 2.93. The molecule has 1 saturated carbocycles. The van der Waals surface area contributed by atoms with Crippen LogP contribution in [0.25, 0.3) is 0 Å². The summed E-state index contributed by atoms with van der Waals surface area (Å²) < 4.78 is 0.512. The molecule has 1 aliphatic carbocycles. The lowest BCUT2D eigenvalue weighted by Crippen LogP contribution is -2.37. The Labute approximate surface area is 128 Å². The van der Waals surface area contributed by atoms with Crippen LogP contribution in [0, 0.1) is 5.92 Å². The van der Waals surface area contributed by atoms with E-state index in [4.69, 9.17) is 0 Å². The number of benzene rings is 1. The topological polar surface area (TPSA) is 12.0 Å². The van der Waals surface area contributed by atoms with E-state index in [1.165, 1.54) is 37.8 Å². The van der Waals surface area contributed by atoms with Gasteiger partial charge in [0.1, 0.15) is 0 Å². The molecule has 0 heterocycles. The Morgan fingerprint density at radius 1 is 1.15 bits per heavy atom. The maximum absolute atomic E-state index is 3.78. The molecular weight excluding hydrogens is 262 g/mol. The first kappa shape index (κ1) is 15.9. The third-order valence-electron chi connectivity index (χ3n) is 4.79. The molecule has 0 saturated heterocycles. The molecule has 1 aliphatic rings. The van der Waals surface area contributed by atoms with Gasteiger partial charge in [0.25, 0.3) is 0 Å². The predicted octanol–water partition coefficient (Wildman–Crippen LogP) is 4.69. The average molecular weight is 292 g/mol. The molecule has 0 aliphatic heterocycles. The highest BCUT2D eigenvalue weighted by atomic mass is 32.2. The Morgan fingerprint density at radius 3 is 2.35 bits per heavy atom. The first-order valence-corrected chi connectivity index (χ1v) is 9.20. The van der Waals surface area contributed by atoms with E-state index in [0.717, 1.165) is 6.54 Å². The molecule has 1 aromatic rings. The fourth-order valence-electron chi connectivity index (χ4n) is 3.37. The van der Waals surface area contributed by atoms with Crippen molar-refractivity contribution in [3.8, 4) is 0 Å². The Morgan fingerprint density at radius 2 is 1.80 bits per heavy atom. The van der Waals surface area contributed by atoms with E-state index >= 15 is 0 Å². The van der Waals surface area contributed by atoms with E-state index < -0.39 is 0 Å². The number of rotatable bonds is 7. The predicted molar refractivity (Wildman–Crippen MR) is 91.6 cm³/mol. The van der Waals surface area contributed by atoms with Crippen LogP contribution in [0.2, 0.25) is 0 Å². The van der Waals surface area contributed by atoms with Crippen LogP contribution in [0.15, 0.2) is 30.3 Å². The summed E-state index contributed by atoms with van der Waals surface area (Å²) in [5.74, 6) is 1.30. The molecule has 0 amide bonds. The molecule has 1 aromatic carbocycles. The molecule has 1 N–H and O–H groups in total. The standard InChI is InChI=1S/C18H29NS/c1-15(2)17(16-9-5-4-6-10-16)13-19-14-18(20-3)11-7-8-12-18/h4-6,9-10,15,17,19H,7-8,11-14H2,1-3H3. The fraction of sp³-hybridized carbons (Fsp3) is 0.667. The van der Waals surface area contributed by atoms with E-state index in [-0.39, 0.29) is 0 Å². The van der Waals surface area contributed by atoms with Crippen molar-refractivity contribution in [1.82, 2.24) is 5.32 Å². The number of thioether (sulfide) groups is 1. The Bertz CT molecular complexity index is 382. The molecule has 2 heteroatoms. The largest absolute Gasteiger partial charge is 0.315 e. The van der Waals surface area contributed by atoms with Crippen LogP contribution in [0.5, 0.6) is 0 Å². The summed E-state index contributed by atoms with van der Waals surface area (Å²) in [5, 5.41) is 3.78. The molecular formula is C18H29NS. The van der Waals surface area contributed by atoms with Gasteiger partial charge < -0.3 is 5.32 Å². The second-order valence-corrected chi connectivity index (χ2v) is 7.76. The second kappa shape index (κ2) is 7.51. The molecule has 0 aromatic heterocycles. The lowest BCUT2D eigenvalue weighted by molar-refractivity contribution is 0.440. The van der Waals surface area contributed by atoms with Crippen molar-refractivity contribution in [2.24, 2.45) is 5.92 Å². The van der Waals surface area contributed by atoms with Gasteiger partial charge in [0.15, 0.2) is 0 Å². The molecule has 20 heavy (non-hydrogen) atoms. The van der Waals surface area contributed by atoms with Crippen molar-refractivity contribution >= 4 is 11.8 Å². The molecule has 1 fully saturated rings. The maximum Gasteiger partial charge on any atom is 0.0281 e. The highest BCUT2D eigenvalue weighted by Gasteiger charge is 2.32. The first-order chi connectivity index (χ1) is 9.67. The minimum absolute atomic E-state index is 0.512. The van der Waals surface area contributed by atoms with E-state index in [1.54, 1.807) is 0 Å². The van der Waals surface area contributed by atoms with Gasteiger partial charge in [-0.15, -0.1) is 0 Å². The maximum atomic E-state index is 3.78. The lowest BCUT2D eigenvalue weighted by Gasteiger charge is -2.29. The SMILES string of the molecule is CSC1(CNCC(c2ccccc2)C(C)C)CCCC1. The quantitative estimate of drug-likeness (QED) is 0.782. The van der Waals surface area contributed by atoms with Gasteiger partial charge in [-0.25, -0.2) is 0 Å². The van der Waals surface area contributed by atoms with Gasteiger partial charge in [-0.2, -0.15) is 11.8 Å². The molecule has 0 bridgehead atoms. The second-order valence-electron chi connectivity index (χ2n) is 6.49. The van der Waals surface area contributed by atoms with Crippen molar-refractivity contribution < 1.29 is 0 Å². The van der Waals surface area contributed by atoms with Gasteiger partial charge in [0.2, 0.25) is 0 Å². The van der Waals surface area contributed by atoms with Crippen LogP contribution in [0.1, 0.15) is 51.0 Å². The van der Waals surface area contributed by atoms with Crippen LogP contribution < -0.4 is 5.32 Å². The monoisotopic (exact) mass is 291 g/mol. The van der Waals surface area contributed by atoms with Crippen LogP contribution in [-0.4, -0.2) is 24.1 Å². The Hall–Kier alpha value is -0.470. The van der Waals surface area contributed by atoms with Crippen LogP contribution >= 0.6 is 11.8 Å². The minimum atomic E-state index is 0.512. The number of hydrogen-bond donors (Lipinski definition) is 1. The summed E-state index contributed by atoms with van der Waals surface area (Å²) in [5.41, 5.74) is 1.47. The van der Waals surface area contributed by atoms with Crippen LogP contribution in [0.4, 0.5) is 0 Å². The summed E-state index contributed by atoms with van der Waals surface area (Å²) in [6, 6.07) is 11.0. The molecule has 1 nitrogen and oxygen atoms in total. The third-order valence-corrected chi connectivity index (χ3v) is 6.21. The van der Waals surface area contributed by atoms with E-state index in [0.29, 0.717) is 16.6 Å². The van der Waals surface area contributed by atoms with Crippen LogP contribution in [-0.2, 0) is 0 Å². The molecule has 112 valence electrons. The number of hydrogen-bond acceptors (Lipinski definition) is 2. The summed E-state index contributed by atoms with van der Waals surface area (Å²) in [4.78, 5) is 0. The van der Waals surface area contributed by atoms with Gasteiger partial charge in [-0.3, -0.25) is 0 Å². The van der Waals surface area contributed by atoms with Gasteiger partial charge in [0, 0.05) is 17.8 Å². The number of nitrogens with one attached hydrogen (secondary N) is 1. The van der Waals surface area contributed by atoms with Gasteiger partial charge in [0.05, 0.1) is 0 Å². The highest BCUT2D eigenvalue weighted by molar-refractivity contribution is 8.00. The van der Waals surface area contributed by atoms with Gasteiger partial charge in [-0.05, 0) is 36.5 Å². The smallest absolute Gasteiger partial charge is 0.0281 e. The normalized spacial score (nSPS) is 19.4. The van der Waals surface area contributed by atoms with Crippen molar-refractivity contribution in [3.05, 3.63) is 35.9 Å². The zero-order chi connectivity index (χ0) is 14.4. The third kappa shape index (κ3) is 4.02. The minimum Gasteiger partial charge on any atom is -0.315 e. The van der Waals surface area contributed by atoms with E-state index in [2.05, 4.69) is 67.5 Å². The summed E-state index contributed by atoms with van der Waals surface area (Å²) in [6.07, 6.45) is 7.88. The van der Waals surface area contributed by atoms with Gasteiger partial charge >= 0.3 is 0 Å². The van der Waals surface area contributed by atoms with Crippen molar-refractivity contribution in [2.45, 2.75) is 50.2 Å².